The highest BCUT2D eigenvalue weighted by Gasteiger charge is 2.17. The van der Waals surface area contributed by atoms with Crippen LogP contribution in [0.2, 0.25) is 0 Å². The van der Waals surface area contributed by atoms with Crippen LogP contribution in [0, 0.1) is 27.7 Å². The van der Waals surface area contributed by atoms with Crippen molar-refractivity contribution in [3.63, 3.8) is 0 Å². The molecular formula is C20H19N3OS. The third-order valence-corrected chi connectivity index (χ3v) is 5.25. The molecule has 0 aliphatic carbocycles. The standard InChI is InChI=1S/C20H19N3OS/c1-12-5-7-16(8-6-12)20-21-18(11-25-20)17-9-13(2)23(15(17)4)19-10-14(3)24-22-19/h5-11H,1-4H3. The fourth-order valence-corrected chi connectivity index (χ4v) is 3.89. The first kappa shape index (κ1) is 15.8. The Morgan fingerprint density at radius 2 is 1.76 bits per heavy atom. The first-order valence-electron chi connectivity index (χ1n) is 8.18. The van der Waals surface area contributed by atoms with Crippen molar-refractivity contribution >= 4 is 11.3 Å². The first-order chi connectivity index (χ1) is 12.0. The van der Waals surface area contributed by atoms with Crippen LogP contribution in [0.25, 0.3) is 27.6 Å². The number of rotatable bonds is 3. The van der Waals surface area contributed by atoms with Crippen molar-refractivity contribution in [3.05, 3.63) is 64.5 Å². The molecular weight excluding hydrogens is 330 g/mol. The maximum absolute atomic E-state index is 5.23. The SMILES string of the molecule is Cc1ccc(-c2nc(-c3cc(C)n(-c4cc(C)on4)c3C)cs2)cc1. The number of hydrogen-bond acceptors (Lipinski definition) is 4. The van der Waals surface area contributed by atoms with Crippen LogP contribution in [0.3, 0.4) is 0 Å². The summed E-state index contributed by atoms with van der Waals surface area (Å²) in [6, 6.07) is 12.6. The average molecular weight is 349 g/mol. The molecule has 126 valence electrons. The number of benzene rings is 1. The zero-order valence-electron chi connectivity index (χ0n) is 14.7. The molecule has 25 heavy (non-hydrogen) atoms. The van der Waals surface area contributed by atoms with E-state index in [1.165, 1.54) is 5.56 Å². The molecule has 3 aromatic heterocycles. The highest BCUT2D eigenvalue weighted by molar-refractivity contribution is 7.13. The van der Waals surface area contributed by atoms with Crippen LogP contribution in [0.1, 0.15) is 22.7 Å². The number of aromatic nitrogens is 3. The van der Waals surface area contributed by atoms with Crippen molar-refractivity contribution in [3.8, 4) is 27.6 Å². The Kier molecular flexibility index (Phi) is 3.81. The molecule has 0 spiro atoms. The van der Waals surface area contributed by atoms with Gasteiger partial charge < -0.3 is 4.52 Å². The van der Waals surface area contributed by atoms with Gasteiger partial charge in [-0.3, -0.25) is 4.57 Å². The summed E-state index contributed by atoms with van der Waals surface area (Å²) in [4.78, 5) is 4.86. The highest BCUT2D eigenvalue weighted by atomic mass is 32.1. The molecule has 5 heteroatoms. The van der Waals surface area contributed by atoms with Gasteiger partial charge in [0.05, 0.1) is 5.69 Å². The van der Waals surface area contributed by atoms with Gasteiger partial charge >= 0.3 is 0 Å². The van der Waals surface area contributed by atoms with Gasteiger partial charge in [-0.05, 0) is 33.8 Å². The molecule has 4 aromatic rings. The third-order valence-electron chi connectivity index (χ3n) is 4.35. The molecule has 0 bridgehead atoms. The molecule has 0 radical (unpaired) electrons. The lowest BCUT2D eigenvalue weighted by Gasteiger charge is -2.04. The Morgan fingerprint density at radius 1 is 1.00 bits per heavy atom. The van der Waals surface area contributed by atoms with E-state index in [4.69, 9.17) is 9.51 Å². The molecule has 1 aromatic carbocycles. The van der Waals surface area contributed by atoms with E-state index in [1.807, 2.05) is 13.0 Å². The monoisotopic (exact) mass is 349 g/mol. The van der Waals surface area contributed by atoms with Crippen molar-refractivity contribution in [2.45, 2.75) is 27.7 Å². The molecule has 0 aliphatic heterocycles. The second-order valence-electron chi connectivity index (χ2n) is 6.32. The van der Waals surface area contributed by atoms with Crippen molar-refractivity contribution < 1.29 is 4.52 Å². The van der Waals surface area contributed by atoms with Crippen LogP contribution in [-0.4, -0.2) is 14.7 Å². The van der Waals surface area contributed by atoms with Gasteiger partial charge in [0.1, 0.15) is 10.8 Å². The van der Waals surface area contributed by atoms with Crippen LogP contribution in [0.15, 0.2) is 46.3 Å². The minimum atomic E-state index is 0.805. The summed E-state index contributed by atoms with van der Waals surface area (Å²) >= 11 is 1.67. The largest absolute Gasteiger partial charge is 0.360 e. The van der Waals surface area contributed by atoms with Gasteiger partial charge in [0.25, 0.3) is 0 Å². The molecule has 0 unspecified atom stereocenters. The van der Waals surface area contributed by atoms with E-state index in [0.29, 0.717) is 0 Å². The van der Waals surface area contributed by atoms with E-state index in [2.05, 4.69) is 66.2 Å². The fourth-order valence-electron chi connectivity index (χ4n) is 3.06. The quantitative estimate of drug-likeness (QED) is 0.491. The van der Waals surface area contributed by atoms with Gasteiger partial charge in [-0.25, -0.2) is 4.98 Å². The predicted octanol–water partition coefficient (Wildman–Crippen LogP) is 5.49. The van der Waals surface area contributed by atoms with Crippen molar-refractivity contribution in [2.24, 2.45) is 0 Å². The summed E-state index contributed by atoms with van der Waals surface area (Å²) in [7, 11) is 0. The maximum Gasteiger partial charge on any atom is 0.180 e. The van der Waals surface area contributed by atoms with Gasteiger partial charge in [-0.2, -0.15) is 0 Å². The Hall–Kier alpha value is -2.66. The molecule has 0 saturated heterocycles. The van der Waals surface area contributed by atoms with E-state index in [-0.39, 0.29) is 0 Å². The smallest absolute Gasteiger partial charge is 0.180 e. The maximum atomic E-state index is 5.23. The van der Waals surface area contributed by atoms with E-state index in [1.54, 1.807) is 11.3 Å². The fraction of sp³-hybridized carbons (Fsp3) is 0.200. The van der Waals surface area contributed by atoms with Gasteiger partial charge in [0.15, 0.2) is 5.82 Å². The highest BCUT2D eigenvalue weighted by Crippen LogP contribution is 2.33. The Morgan fingerprint density at radius 3 is 2.44 bits per heavy atom. The number of hydrogen-bond donors (Lipinski definition) is 0. The topological polar surface area (TPSA) is 43.9 Å². The third kappa shape index (κ3) is 2.81. The Bertz CT molecular complexity index is 1040. The first-order valence-corrected chi connectivity index (χ1v) is 9.06. The summed E-state index contributed by atoms with van der Waals surface area (Å²) in [5.74, 6) is 1.62. The van der Waals surface area contributed by atoms with Gasteiger partial charge in [0, 0.05) is 34.0 Å². The number of thiazole rings is 1. The number of nitrogens with zero attached hydrogens (tertiary/aromatic N) is 3. The second kappa shape index (κ2) is 6.01. The summed E-state index contributed by atoms with van der Waals surface area (Å²) < 4.78 is 7.34. The van der Waals surface area contributed by atoms with Gasteiger partial charge in [0.2, 0.25) is 0 Å². The van der Waals surface area contributed by atoms with E-state index in [9.17, 15) is 0 Å². The Balaban J connectivity index is 1.75. The van der Waals surface area contributed by atoms with E-state index >= 15 is 0 Å². The summed E-state index contributed by atoms with van der Waals surface area (Å²) in [6.45, 7) is 8.17. The molecule has 0 N–H and O–H groups in total. The van der Waals surface area contributed by atoms with Crippen LogP contribution in [-0.2, 0) is 0 Å². The van der Waals surface area contributed by atoms with Crippen LogP contribution in [0.4, 0.5) is 0 Å². The lowest BCUT2D eigenvalue weighted by molar-refractivity contribution is 0.394. The van der Waals surface area contributed by atoms with Crippen LogP contribution in [0.5, 0.6) is 0 Å². The minimum absolute atomic E-state index is 0.805. The molecule has 0 atom stereocenters. The normalized spacial score (nSPS) is 11.2. The predicted molar refractivity (Wildman–Crippen MR) is 101 cm³/mol. The molecule has 0 fully saturated rings. The zero-order valence-corrected chi connectivity index (χ0v) is 15.5. The van der Waals surface area contributed by atoms with Crippen molar-refractivity contribution in [1.29, 1.82) is 0 Å². The Labute approximate surface area is 150 Å². The van der Waals surface area contributed by atoms with Crippen molar-refractivity contribution in [2.75, 3.05) is 0 Å². The summed E-state index contributed by atoms with van der Waals surface area (Å²) in [5.41, 5.74) is 6.78. The minimum Gasteiger partial charge on any atom is -0.360 e. The van der Waals surface area contributed by atoms with Crippen LogP contribution >= 0.6 is 11.3 Å². The van der Waals surface area contributed by atoms with E-state index in [0.717, 1.165) is 44.8 Å². The number of aryl methyl sites for hydroxylation is 3. The average Bonchev–Trinajstić information content (AvgIpc) is 3.28. The molecule has 0 amide bonds. The molecule has 4 nitrogen and oxygen atoms in total. The van der Waals surface area contributed by atoms with Crippen molar-refractivity contribution in [1.82, 2.24) is 14.7 Å². The lowest BCUT2D eigenvalue weighted by Crippen LogP contribution is -1.99. The van der Waals surface area contributed by atoms with Gasteiger partial charge in [-0.15, -0.1) is 11.3 Å². The molecule has 4 rings (SSSR count). The molecule has 0 saturated carbocycles. The van der Waals surface area contributed by atoms with E-state index < -0.39 is 0 Å². The second-order valence-corrected chi connectivity index (χ2v) is 7.18. The molecule has 3 heterocycles. The van der Waals surface area contributed by atoms with Gasteiger partial charge in [-0.1, -0.05) is 35.0 Å². The summed E-state index contributed by atoms with van der Waals surface area (Å²) in [6.07, 6.45) is 0. The lowest BCUT2D eigenvalue weighted by atomic mass is 10.1. The zero-order chi connectivity index (χ0) is 17.6. The van der Waals surface area contributed by atoms with Crippen LogP contribution < -0.4 is 0 Å². The summed E-state index contributed by atoms with van der Waals surface area (Å²) in [5, 5.41) is 7.31. The molecule has 0 aliphatic rings.